The van der Waals surface area contributed by atoms with Crippen LogP contribution in [0.15, 0.2) is 22.7 Å². The van der Waals surface area contributed by atoms with Gasteiger partial charge in [-0.2, -0.15) is 8.78 Å². The molecule has 0 bridgehead atoms. The average Bonchev–Trinajstić information content (AvgIpc) is 2.09. The summed E-state index contributed by atoms with van der Waals surface area (Å²) in [4.78, 5) is 0. The molecule has 1 rings (SSSR count). The van der Waals surface area contributed by atoms with Gasteiger partial charge in [0.2, 0.25) is 0 Å². The molecule has 0 radical (unpaired) electrons. The normalized spacial score (nSPS) is 11.8. The second kappa shape index (κ2) is 4.40. The Hall–Kier alpha value is -0.760. The van der Waals surface area contributed by atoms with Crippen molar-refractivity contribution in [3.05, 3.63) is 28.5 Å². The first-order valence-corrected chi connectivity index (χ1v) is 5.91. The number of rotatable bonds is 3. The van der Waals surface area contributed by atoms with Crippen LogP contribution < -0.4 is 4.72 Å². The van der Waals surface area contributed by atoms with E-state index in [1.807, 2.05) is 0 Å². The highest BCUT2D eigenvalue weighted by Gasteiger charge is 2.24. The van der Waals surface area contributed by atoms with E-state index in [1.54, 1.807) is 0 Å². The topological polar surface area (TPSA) is 46.2 Å². The summed E-state index contributed by atoms with van der Waals surface area (Å²) in [5.41, 5.74) is -0.515. The molecule has 1 aromatic carbocycles. The third-order valence-electron chi connectivity index (χ3n) is 1.42. The Morgan fingerprint density at radius 3 is 2.40 bits per heavy atom. The average molecular weight is 304 g/mol. The van der Waals surface area contributed by atoms with Crippen LogP contribution >= 0.6 is 15.9 Å². The summed E-state index contributed by atoms with van der Waals surface area (Å²) < 4.78 is 60.1. The van der Waals surface area contributed by atoms with Crippen LogP contribution in [0.25, 0.3) is 0 Å². The summed E-state index contributed by atoms with van der Waals surface area (Å²) in [6, 6.07) is 3.33. The van der Waals surface area contributed by atoms with Crippen LogP contribution in [-0.4, -0.2) is 14.2 Å². The van der Waals surface area contributed by atoms with Crippen LogP contribution in [-0.2, 0) is 10.0 Å². The lowest BCUT2D eigenvalue weighted by Crippen LogP contribution is -2.21. The number of hydrogen-bond acceptors (Lipinski definition) is 2. The van der Waals surface area contributed by atoms with Crippen LogP contribution in [0.1, 0.15) is 0 Å². The van der Waals surface area contributed by atoms with Gasteiger partial charge in [0.25, 0.3) is 10.0 Å². The van der Waals surface area contributed by atoms with Gasteiger partial charge in [-0.1, -0.05) is 15.9 Å². The number of sulfonamides is 1. The van der Waals surface area contributed by atoms with Crippen LogP contribution in [0.5, 0.6) is 0 Å². The summed E-state index contributed by atoms with van der Waals surface area (Å²) in [5, 5.41) is 0. The van der Waals surface area contributed by atoms with Gasteiger partial charge in [0, 0.05) is 4.47 Å². The van der Waals surface area contributed by atoms with Crippen molar-refractivity contribution < 1.29 is 21.6 Å². The summed E-state index contributed by atoms with van der Waals surface area (Å²) in [7, 11) is -4.83. The fourth-order valence-corrected chi connectivity index (χ4v) is 1.66. The van der Waals surface area contributed by atoms with Gasteiger partial charge in [-0.3, -0.25) is 4.72 Å². The molecule has 1 N–H and O–H groups in total. The first-order chi connectivity index (χ1) is 6.83. The molecular formula is C7H5BrF3NO2S. The quantitative estimate of drug-likeness (QED) is 0.933. The van der Waals surface area contributed by atoms with E-state index in [-0.39, 0.29) is 0 Å². The first kappa shape index (κ1) is 12.3. The Kier molecular flexibility index (Phi) is 3.61. The van der Waals surface area contributed by atoms with E-state index >= 15 is 0 Å². The molecule has 3 nitrogen and oxygen atoms in total. The minimum Gasteiger partial charge on any atom is -0.276 e. The van der Waals surface area contributed by atoms with Crippen molar-refractivity contribution in [2.24, 2.45) is 0 Å². The van der Waals surface area contributed by atoms with Crippen molar-refractivity contribution >= 4 is 31.6 Å². The zero-order valence-corrected chi connectivity index (χ0v) is 9.45. The smallest absolute Gasteiger partial charge is 0.276 e. The maximum Gasteiger partial charge on any atom is 0.355 e. The highest BCUT2D eigenvalue weighted by molar-refractivity contribution is 9.10. The van der Waals surface area contributed by atoms with Gasteiger partial charge in [-0.05, 0) is 18.2 Å². The molecule has 84 valence electrons. The highest BCUT2D eigenvalue weighted by atomic mass is 79.9. The molecule has 15 heavy (non-hydrogen) atoms. The van der Waals surface area contributed by atoms with E-state index in [2.05, 4.69) is 15.9 Å². The van der Waals surface area contributed by atoms with Crippen molar-refractivity contribution in [2.45, 2.75) is 5.76 Å². The number of halogens is 4. The standard InChI is InChI=1S/C7H5BrF3NO2S/c8-4-1-2-6(5(9)3-4)12-15(13,14)7(10)11/h1-3,7,12H. The van der Waals surface area contributed by atoms with Gasteiger partial charge in [-0.15, -0.1) is 0 Å². The first-order valence-electron chi connectivity index (χ1n) is 3.58. The molecule has 0 unspecified atom stereocenters. The Morgan fingerprint density at radius 1 is 1.33 bits per heavy atom. The largest absolute Gasteiger partial charge is 0.355 e. The molecule has 0 fully saturated rings. The van der Waals surface area contributed by atoms with Gasteiger partial charge in [-0.25, -0.2) is 12.8 Å². The monoisotopic (exact) mass is 303 g/mol. The second-order valence-corrected chi connectivity index (χ2v) is 5.10. The van der Waals surface area contributed by atoms with Crippen molar-refractivity contribution in [3.63, 3.8) is 0 Å². The number of nitrogens with one attached hydrogen (secondary N) is 1. The fraction of sp³-hybridized carbons (Fsp3) is 0.143. The number of benzene rings is 1. The molecular weight excluding hydrogens is 299 g/mol. The molecule has 0 aliphatic heterocycles. The molecule has 8 heteroatoms. The predicted octanol–water partition coefficient (Wildman–Crippen LogP) is 2.55. The lowest BCUT2D eigenvalue weighted by molar-refractivity contribution is 0.236. The van der Waals surface area contributed by atoms with E-state index in [0.29, 0.717) is 4.47 Å². The third kappa shape index (κ3) is 3.10. The highest BCUT2D eigenvalue weighted by Crippen LogP contribution is 2.21. The Balaban J connectivity index is 3.01. The van der Waals surface area contributed by atoms with Crippen LogP contribution in [0.4, 0.5) is 18.9 Å². The van der Waals surface area contributed by atoms with E-state index in [9.17, 15) is 21.6 Å². The molecule has 0 aromatic heterocycles. The third-order valence-corrected chi connectivity index (χ3v) is 2.88. The van der Waals surface area contributed by atoms with Crippen molar-refractivity contribution in [2.75, 3.05) is 4.72 Å². The zero-order valence-electron chi connectivity index (χ0n) is 7.05. The van der Waals surface area contributed by atoms with Crippen LogP contribution in [0.3, 0.4) is 0 Å². The summed E-state index contributed by atoms with van der Waals surface area (Å²) >= 11 is 2.94. The zero-order chi connectivity index (χ0) is 11.6. The molecule has 0 heterocycles. The van der Waals surface area contributed by atoms with E-state index in [4.69, 9.17) is 0 Å². The Labute approximate surface area is 92.5 Å². The van der Waals surface area contributed by atoms with E-state index in [1.165, 1.54) is 10.8 Å². The molecule has 1 aromatic rings. The molecule has 0 spiro atoms. The molecule has 0 saturated carbocycles. The molecule has 0 saturated heterocycles. The van der Waals surface area contributed by atoms with E-state index in [0.717, 1.165) is 12.1 Å². The number of anilines is 1. The lowest BCUT2D eigenvalue weighted by Gasteiger charge is -2.07. The van der Waals surface area contributed by atoms with Gasteiger partial charge >= 0.3 is 5.76 Å². The minimum absolute atomic E-state index is 0.375. The van der Waals surface area contributed by atoms with Gasteiger partial charge in [0.1, 0.15) is 5.82 Å². The predicted molar refractivity (Wildman–Crippen MR) is 52.6 cm³/mol. The van der Waals surface area contributed by atoms with Gasteiger partial charge in [0.05, 0.1) is 5.69 Å². The molecule has 0 atom stereocenters. The number of alkyl halides is 2. The van der Waals surface area contributed by atoms with Gasteiger partial charge < -0.3 is 0 Å². The molecule has 0 amide bonds. The second-order valence-electron chi connectivity index (χ2n) is 2.53. The van der Waals surface area contributed by atoms with Gasteiger partial charge in [0.15, 0.2) is 0 Å². The lowest BCUT2D eigenvalue weighted by atomic mass is 10.3. The fourth-order valence-electron chi connectivity index (χ4n) is 0.770. The van der Waals surface area contributed by atoms with Crippen molar-refractivity contribution in [1.29, 1.82) is 0 Å². The Bertz CT molecular complexity index is 463. The molecule has 0 aliphatic rings. The summed E-state index contributed by atoms with van der Waals surface area (Å²) in [6.07, 6.45) is 0. The minimum atomic E-state index is -4.83. The summed E-state index contributed by atoms with van der Waals surface area (Å²) in [5.74, 6) is -4.53. The van der Waals surface area contributed by atoms with Crippen LogP contribution in [0, 0.1) is 5.82 Å². The Morgan fingerprint density at radius 2 is 1.93 bits per heavy atom. The maximum atomic E-state index is 13.0. The summed E-state index contributed by atoms with van der Waals surface area (Å²) in [6.45, 7) is 0. The van der Waals surface area contributed by atoms with E-state index < -0.39 is 27.3 Å². The van der Waals surface area contributed by atoms with Crippen molar-refractivity contribution in [3.8, 4) is 0 Å². The maximum absolute atomic E-state index is 13.0. The number of hydrogen-bond donors (Lipinski definition) is 1. The SMILES string of the molecule is O=S(=O)(Nc1ccc(Br)cc1F)C(F)F. The van der Waals surface area contributed by atoms with Crippen molar-refractivity contribution in [1.82, 2.24) is 0 Å². The van der Waals surface area contributed by atoms with Crippen LogP contribution in [0.2, 0.25) is 0 Å². The molecule has 0 aliphatic carbocycles.